The summed E-state index contributed by atoms with van der Waals surface area (Å²) in [5.74, 6) is -0.784. The number of carbonyl (C=O) groups is 1. The highest BCUT2D eigenvalue weighted by Crippen LogP contribution is 2.48. The molecule has 1 saturated carbocycles. The summed E-state index contributed by atoms with van der Waals surface area (Å²) in [6, 6.07) is 5.95. The summed E-state index contributed by atoms with van der Waals surface area (Å²) in [6.07, 6.45) is 3.47. The average Bonchev–Trinajstić information content (AvgIpc) is 2.81. The lowest BCUT2D eigenvalue weighted by Crippen LogP contribution is -2.51. The molecule has 22 heavy (non-hydrogen) atoms. The van der Waals surface area contributed by atoms with Gasteiger partial charge in [-0.15, -0.1) is 0 Å². The number of hydrogen-bond acceptors (Lipinski definition) is 3. The summed E-state index contributed by atoms with van der Waals surface area (Å²) >= 11 is 0. The highest BCUT2D eigenvalue weighted by atomic mass is 32.2. The maximum Gasteiger partial charge on any atom is 0.256 e. The number of benzene rings is 1. The molecule has 1 amide bonds. The van der Waals surface area contributed by atoms with E-state index in [1.54, 1.807) is 17.0 Å². The summed E-state index contributed by atoms with van der Waals surface area (Å²) in [5.41, 5.74) is 0.0909. The average molecular weight is 326 g/mol. The van der Waals surface area contributed by atoms with Crippen LogP contribution in [0.3, 0.4) is 0 Å². The van der Waals surface area contributed by atoms with E-state index in [0.717, 1.165) is 25.5 Å². The largest absolute Gasteiger partial charge is 0.338 e. The summed E-state index contributed by atoms with van der Waals surface area (Å²) in [5, 5.41) is 0. The molecule has 0 radical (unpaired) electrons. The van der Waals surface area contributed by atoms with Crippen molar-refractivity contribution in [2.75, 3.05) is 19.3 Å². The van der Waals surface area contributed by atoms with Gasteiger partial charge in [0.2, 0.25) is 10.0 Å². The van der Waals surface area contributed by atoms with Crippen molar-refractivity contribution in [3.63, 3.8) is 0 Å². The maximum absolute atomic E-state index is 13.7. The minimum absolute atomic E-state index is 0.0106. The van der Waals surface area contributed by atoms with Crippen molar-refractivity contribution in [3.05, 3.63) is 35.6 Å². The minimum atomic E-state index is -3.19. The molecule has 1 aliphatic carbocycles. The van der Waals surface area contributed by atoms with E-state index in [1.807, 2.05) is 0 Å². The van der Waals surface area contributed by atoms with Crippen molar-refractivity contribution in [2.45, 2.75) is 25.3 Å². The molecule has 1 aliphatic heterocycles. The Labute approximate surface area is 129 Å². The number of rotatable bonds is 3. The SMILES string of the molecule is CS(=O)(=O)NC1CC2(CCN(C(=O)c3ccccc3F)C2)C1. The van der Waals surface area contributed by atoms with Crippen molar-refractivity contribution in [1.82, 2.24) is 9.62 Å². The first-order valence-electron chi connectivity index (χ1n) is 7.29. The molecule has 7 heteroatoms. The molecule has 5 nitrogen and oxygen atoms in total. The first-order chi connectivity index (χ1) is 10.3. The van der Waals surface area contributed by atoms with E-state index >= 15 is 0 Å². The number of nitrogens with one attached hydrogen (secondary N) is 1. The zero-order valence-corrected chi connectivity index (χ0v) is 13.2. The molecule has 0 aromatic heterocycles. The molecule has 2 aliphatic rings. The molecule has 0 unspecified atom stereocenters. The number of likely N-dealkylation sites (tertiary alicyclic amines) is 1. The molecule has 1 aromatic rings. The van der Waals surface area contributed by atoms with E-state index in [-0.39, 0.29) is 22.9 Å². The molecular weight excluding hydrogens is 307 g/mol. The van der Waals surface area contributed by atoms with E-state index in [9.17, 15) is 17.6 Å². The Morgan fingerprint density at radius 2 is 2.05 bits per heavy atom. The first-order valence-corrected chi connectivity index (χ1v) is 9.18. The Hall–Kier alpha value is -1.47. The fourth-order valence-corrected chi connectivity index (χ4v) is 4.39. The first kappa shape index (κ1) is 15.4. The minimum Gasteiger partial charge on any atom is -0.338 e. The second-order valence-corrected chi connectivity index (χ2v) is 8.23. The van der Waals surface area contributed by atoms with Crippen LogP contribution in [0, 0.1) is 11.2 Å². The summed E-state index contributed by atoms with van der Waals surface area (Å²) < 4.78 is 38.7. The monoisotopic (exact) mass is 326 g/mol. The number of sulfonamides is 1. The van der Waals surface area contributed by atoms with Crippen LogP contribution in [0.15, 0.2) is 24.3 Å². The molecule has 1 aromatic carbocycles. The van der Waals surface area contributed by atoms with Crippen LogP contribution in [-0.4, -0.2) is 44.6 Å². The lowest BCUT2D eigenvalue weighted by molar-refractivity contribution is 0.0684. The third kappa shape index (κ3) is 3.01. The molecule has 0 bridgehead atoms. The molecule has 1 spiro atoms. The number of amides is 1. The predicted octanol–water partition coefficient (Wildman–Crippen LogP) is 1.37. The van der Waals surface area contributed by atoms with Crippen LogP contribution in [0.2, 0.25) is 0 Å². The van der Waals surface area contributed by atoms with Gasteiger partial charge in [0, 0.05) is 19.1 Å². The lowest BCUT2D eigenvalue weighted by Gasteiger charge is -2.45. The van der Waals surface area contributed by atoms with Gasteiger partial charge < -0.3 is 4.90 Å². The van der Waals surface area contributed by atoms with Crippen molar-refractivity contribution in [1.29, 1.82) is 0 Å². The Bertz CT molecular complexity index is 698. The standard InChI is InChI=1S/C15H19FN2O3S/c1-22(20,21)17-11-8-15(9-11)6-7-18(10-15)14(19)12-4-2-3-5-13(12)16/h2-5,11,17H,6-10H2,1H3. The van der Waals surface area contributed by atoms with Crippen LogP contribution >= 0.6 is 0 Å². The van der Waals surface area contributed by atoms with Gasteiger partial charge in [-0.2, -0.15) is 0 Å². The highest BCUT2D eigenvalue weighted by molar-refractivity contribution is 7.88. The quantitative estimate of drug-likeness (QED) is 0.912. The van der Waals surface area contributed by atoms with E-state index in [4.69, 9.17) is 0 Å². The Kier molecular flexibility index (Phi) is 3.72. The maximum atomic E-state index is 13.7. The zero-order chi connectivity index (χ0) is 16.0. The van der Waals surface area contributed by atoms with Crippen LogP contribution in [0.25, 0.3) is 0 Å². The van der Waals surface area contributed by atoms with E-state index in [0.29, 0.717) is 13.1 Å². The van der Waals surface area contributed by atoms with E-state index < -0.39 is 15.8 Å². The van der Waals surface area contributed by atoms with Gasteiger partial charge in [0.05, 0.1) is 11.8 Å². The summed E-state index contributed by atoms with van der Waals surface area (Å²) in [6.45, 7) is 1.17. The summed E-state index contributed by atoms with van der Waals surface area (Å²) in [4.78, 5) is 14.1. The van der Waals surface area contributed by atoms with Crippen LogP contribution in [0.1, 0.15) is 29.6 Å². The van der Waals surface area contributed by atoms with Gasteiger partial charge in [-0.1, -0.05) is 12.1 Å². The number of hydrogen-bond donors (Lipinski definition) is 1. The molecule has 1 heterocycles. The highest BCUT2D eigenvalue weighted by Gasteiger charge is 2.50. The van der Waals surface area contributed by atoms with E-state index in [2.05, 4.69) is 4.72 Å². The van der Waals surface area contributed by atoms with Crippen LogP contribution in [-0.2, 0) is 10.0 Å². The Morgan fingerprint density at radius 1 is 1.36 bits per heavy atom. The van der Waals surface area contributed by atoms with Crippen molar-refractivity contribution >= 4 is 15.9 Å². The van der Waals surface area contributed by atoms with Gasteiger partial charge in [-0.05, 0) is 36.8 Å². The predicted molar refractivity (Wildman–Crippen MR) is 80.4 cm³/mol. The normalized spacial score (nSPS) is 27.9. The zero-order valence-electron chi connectivity index (χ0n) is 12.4. The number of halogens is 1. The molecule has 3 rings (SSSR count). The van der Waals surface area contributed by atoms with E-state index in [1.165, 1.54) is 12.1 Å². The van der Waals surface area contributed by atoms with Crippen molar-refractivity contribution in [2.24, 2.45) is 5.41 Å². The van der Waals surface area contributed by atoms with Crippen molar-refractivity contribution < 1.29 is 17.6 Å². The fraction of sp³-hybridized carbons (Fsp3) is 0.533. The van der Waals surface area contributed by atoms with Gasteiger partial charge in [-0.3, -0.25) is 4.79 Å². The third-order valence-corrected chi connectivity index (χ3v) is 5.33. The fourth-order valence-electron chi connectivity index (χ4n) is 3.62. The lowest BCUT2D eigenvalue weighted by atomic mass is 9.65. The second-order valence-electron chi connectivity index (χ2n) is 6.45. The molecule has 2 fully saturated rings. The van der Waals surface area contributed by atoms with Gasteiger partial charge in [-0.25, -0.2) is 17.5 Å². The molecule has 120 valence electrons. The van der Waals surface area contributed by atoms with Crippen LogP contribution < -0.4 is 4.72 Å². The topological polar surface area (TPSA) is 66.5 Å². The van der Waals surface area contributed by atoms with Crippen LogP contribution in [0.5, 0.6) is 0 Å². The van der Waals surface area contributed by atoms with Gasteiger partial charge in [0.1, 0.15) is 5.82 Å². The summed E-state index contributed by atoms with van der Waals surface area (Å²) in [7, 11) is -3.19. The van der Waals surface area contributed by atoms with Gasteiger partial charge >= 0.3 is 0 Å². The number of nitrogens with zero attached hydrogens (tertiary/aromatic N) is 1. The second kappa shape index (κ2) is 5.31. The van der Waals surface area contributed by atoms with Gasteiger partial charge in [0.15, 0.2) is 0 Å². The van der Waals surface area contributed by atoms with Crippen molar-refractivity contribution in [3.8, 4) is 0 Å². The molecule has 1 saturated heterocycles. The van der Waals surface area contributed by atoms with Crippen LogP contribution in [0.4, 0.5) is 4.39 Å². The Balaban J connectivity index is 1.62. The molecule has 1 N–H and O–H groups in total. The smallest absolute Gasteiger partial charge is 0.256 e. The number of carbonyl (C=O) groups excluding carboxylic acids is 1. The molecular formula is C15H19FN2O3S. The Morgan fingerprint density at radius 3 is 2.68 bits per heavy atom. The molecule has 0 atom stereocenters. The van der Waals surface area contributed by atoms with Gasteiger partial charge in [0.25, 0.3) is 5.91 Å². The third-order valence-electron chi connectivity index (χ3n) is 4.57.